The van der Waals surface area contributed by atoms with Crippen molar-refractivity contribution in [2.75, 3.05) is 5.88 Å². The summed E-state index contributed by atoms with van der Waals surface area (Å²) in [5.74, 6) is 0.607. The van der Waals surface area contributed by atoms with E-state index >= 15 is 0 Å². The summed E-state index contributed by atoms with van der Waals surface area (Å²) >= 11 is 7.69. The fourth-order valence-corrected chi connectivity index (χ4v) is 3.73. The van der Waals surface area contributed by atoms with E-state index in [1.165, 1.54) is 21.6 Å². The highest BCUT2D eigenvalue weighted by Crippen LogP contribution is 2.34. The first-order chi connectivity index (χ1) is 10.7. The maximum Gasteiger partial charge on any atom is 0.124 e. The quantitative estimate of drug-likeness (QED) is 0.610. The van der Waals surface area contributed by atoms with Crippen molar-refractivity contribution < 1.29 is 0 Å². The van der Waals surface area contributed by atoms with Crippen molar-refractivity contribution in [2.24, 2.45) is 0 Å². The van der Waals surface area contributed by atoms with Crippen molar-refractivity contribution in [3.63, 3.8) is 0 Å². The van der Waals surface area contributed by atoms with Crippen LogP contribution in [0.2, 0.25) is 0 Å². The Morgan fingerprint density at radius 3 is 2.45 bits per heavy atom. The van der Waals surface area contributed by atoms with Crippen molar-refractivity contribution in [3.05, 3.63) is 58.7 Å². The fourth-order valence-electron chi connectivity index (χ4n) is 2.34. The number of nitrogens with zero attached hydrogens (tertiary/aromatic N) is 2. The fraction of sp³-hybridized carbons (Fsp3) is 0.222. The molecule has 3 rings (SSSR count). The summed E-state index contributed by atoms with van der Waals surface area (Å²) in [4.78, 5) is 10.2. The SMILES string of the molecule is Cc1ccc(-c2nc(-c3ccncc3)sc2CCCl)cc1C. The summed E-state index contributed by atoms with van der Waals surface area (Å²) < 4.78 is 0. The minimum atomic E-state index is 0.607. The zero-order chi connectivity index (χ0) is 15.5. The monoisotopic (exact) mass is 328 g/mol. The molecule has 0 aliphatic carbocycles. The number of pyridine rings is 1. The summed E-state index contributed by atoms with van der Waals surface area (Å²) in [6, 6.07) is 10.5. The maximum absolute atomic E-state index is 5.98. The lowest BCUT2D eigenvalue weighted by Crippen LogP contribution is -1.89. The second kappa shape index (κ2) is 6.59. The van der Waals surface area contributed by atoms with Gasteiger partial charge in [0.05, 0.1) is 5.69 Å². The Kier molecular flexibility index (Phi) is 4.55. The van der Waals surface area contributed by atoms with Crippen LogP contribution in [0.3, 0.4) is 0 Å². The van der Waals surface area contributed by atoms with Gasteiger partial charge in [-0.25, -0.2) is 4.98 Å². The molecular formula is C18H17ClN2S. The molecule has 1 aromatic carbocycles. The molecule has 0 aliphatic heterocycles. The average Bonchev–Trinajstić information content (AvgIpc) is 2.95. The summed E-state index contributed by atoms with van der Waals surface area (Å²) in [7, 11) is 0. The van der Waals surface area contributed by atoms with Gasteiger partial charge in [-0.2, -0.15) is 0 Å². The summed E-state index contributed by atoms with van der Waals surface area (Å²) in [5, 5.41) is 1.02. The molecule has 0 aliphatic rings. The van der Waals surface area contributed by atoms with E-state index in [1.807, 2.05) is 12.1 Å². The molecule has 4 heteroatoms. The largest absolute Gasteiger partial charge is 0.265 e. The van der Waals surface area contributed by atoms with Crippen LogP contribution in [0.1, 0.15) is 16.0 Å². The molecule has 2 heterocycles. The predicted octanol–water partition coefficient (Wildman–Crippen LogP) is 5.27. The molecular weight excluding hydrogens is 312 g/mol. The summed E-state index contributed by atoms with van der Waals surface area (Å²) in [6.45, 7) is 4.26. The molecule has 0 unspecified atom stereocenters. The highest BCUT2D eigenvalue weighted by molar-refractivity contribution is 7.15. The minimum Gasteiger partial charge on any atom is -0.265 e. The van der Waals surface area contributed by atoms with Crippen LogP contribution >= 0.6 is 22.9 Å². The van der Waals surface area contributed by atoms with E-state index in [0.29, 0.717) is 5.88 Å². The number of aromatic nitrogens is 2. The Morgan fingerprint density at radius 1 is 1.00 bits per heavy atom. The number of rotatable bonds is 4. The molecule has 0 saturated carbocycles. The zero-order valence-corrected chi connectivity index (χ0v) is 14.2. The highest BCUT2D eigenvalue weighted by atomic mass is 35.5. The normalized spacial score (nSPS) is 10.9. The summed E-state index contributed by atoms with van der Waals surface area (Å²) in [5.41, 5.74) is 5.91. The van der Waals surface area contributed by atoms with Crippen LogP contribution in [-0.4, -0.2) is 15.8 Å². The Hall–Kier alpha value is -1.71. The molecule has 0 fully saturated rings. The Bertz CT molecular complexity index is 781. The Labute approximate surface area is 139 Å². The molecule has 0 bridgehead atoms. The lowest BCUT2D eigenvalue weighted by atomic mass is 10.0. The van der Waals surface area contributed by atoms with Crippen LogP contribution in [0.5, 0.6) is 0 Å². The molecule has 0 saturated heterocycles. The minimum absolute atomic E-state index is 0.607. The molecule has 0 atom stereocenters. The summed E-state index contributed by atoms with van der Waals surface area (Å²) in [6.07, 6.45) is 4.44. The number of thiazole rings is 1. The molecule has 0 amide bonds. The van der Waals surface area contributed by atoms with E-state index in [-0.39, 0.29) is 0 Å². The third kappa shape index (κ3) is 3.06. The molecule has 22 heavy (non-hydrogen) atoms. The second-order valence-corrected chi connectivity index (χ2v) is 6.73. The van der Waals surface area contributed by atoms with Crippen LogP contribution in [-0.2, 0) is 6.42 Å². The standard InChI is InChI=1S/C18H17ClN2S/c1-12-3-4-15(11-13(12)2)17-16(5-8-19)22-18(21-17)14-6-9-20-10-7-14/h3-4,6-7,9-11H,5,8H2,1-2H3. The van der Waals surface area contributed by atoms with Crippen LogP contribution in [0.4, 0.5) is 0 Å². The van der Waals surface area contributed by atoms with Crippen molar-refractivity contribution in [3.8, 4) is 21.8 Å². The number of benzene rings is 1. The van der Waals surface area contributed by atoms with E-state index in [2.05, 4.69) is 37.0 Å². The van der Waals surface area contributed by atoms with Gasteiger partial charge in [-0.3, -0.25) is 4.98 Å². The van der Waals surface area contributed by atoms with E-state index < -0.39 is 0 Å². The molecule has 0 N–H and O–H groups in total. The molecule has 2 nitrogen and oxygen atoms in total. The van der Waals surface area contributed by atoms with E-state index in [4.69, 9.17) is 16.6 Å². The van der Waals surface area contributed by atoms with E-state index in [9.17, 15) is 0 Å². The van der Waals surface area contributed by atoms with Crippen molar-refractivity contribution in [1.82, 2.24) is 9.97 Å². The van der Waals surface area contributed by atoms with Gasteiger partial charge in [-0.1, -0.05) is 12.1 Å². The first kappa shape index (κ1) is 15.2. The maximum atomic E-state index is 5.98. The van der Waals surface area contributed by atoms with Crippen molar-refractivity contribution in [1.29, 1.82) is 0 Å². The van der Waals surface area contributed by atoms with Gasteiger partial charge in [-0.15, -0.1) is 22.9 Å². The second-order valence-electron chi connectivity index (χ2n) is 5.26. The number of alkyl halides is 1. The molecule has 0 spiro atoms. The van der Waals surface area contributed by atoms with Crippen molar-refractivity contribution >= 4 is 22.9 Å². The van der Waals surface area contributed by atoms with Gasteiger partial charge >= 0.3 is 0 Å². The topological polar surface area (TPSA) is 25.8 Å². The van der Waals surface area contributed by atoms with Gasteiger partial charge in [-0.05, 0) is 49.6 Å². The predicted molar refractivity (Wildman–Crippen MR) is 94.7 cm³/mol. The first-order valence-corrected chi connectivity index (χ1v) is 8.58. The van der Waals surface area contributed by atoms with Gasteiger partial charge < -0.3 is 0 Å². The molecule has 0 radical (unpaired) electrons. The van der Waals surface area contributed by atoms with Gasteiger partial charge in [0.1, 0.15) is 5.01 Å². The van der Waals surface area contributed by atoms with Gasteiger partial charge in [0.15, 0.2) is 0 Å². The number of hydrogen-bond acceptors (Lipinski definition) is 3. The Morgan fingerprint density at radius 2 is 1.77 bits per heavy atom. The third-order valence-electron chi connectivity index (χ3n) is 3.73. The first-order valence-electron chi connectivity index (χ1n) is 7.22. The van der Waals surface area contributed by atoms with Gasteiger partial charge in [0.25, 0.3) is 0 Å². The number of aryl methyl sites for hydroxylation is 3. The smallest absolute Gasteiger partial charge is 0.124 e. The molecule has 2 aromatic heterocycles. The Balaban J connectivity index is 2.09. The van der Waals surface area contributed by atoms with E-state index in [0.717, 1.165) is 22.7 Å². The lowest BCUT2D eigenvalue weighted by Gasteiger charge is -2.05. The highest BCUT2D eigenvalue weighted by Gasteiger charge is 2.14. The van der Waals surface area contributed by atoms with Crippen LogP contribution in [0, 0.1) is 13.8 Å². The van der Waals surface area contributed by atoms with E-state index in [1.54, 1.807) is 23.7 Å². The van der Waals surface area contributed by atoms with Crippen LogP contribution < -0.4 is 0 Å². The molecule has 3 aromatic rings. The van der Waals surface area contributed by atoms with Gasteiger partial charge in [0, 0.05) is 34.3 Å². The molecule has 112 valence electrons. The number of hydrogen-bond donors (Lipinski definition) is 0. The van der Waals surface area contributed by atoms with Crippen LogP contribution in [0.25, 0.3) is 21.8 Å². The lowest BCUT2D eigenvalue weighted by molar-refractivity contribution is 1.18. The van der Waals surface area contributed by atoms with Crippen molar-refractivity contribution in [2.45, 2.75) is 20.3 Å². The zero-order valence-electron chi connectivity index (χ0n) is 12.6. The average molecular weight is 329 g/mol. The third-order valence-corrected chi connectivity index (χ3v) is 5.08. The number of halogens is 1. The van der Waals surface area contributed by atoms with Crippen LogP contribution in [0.15, 0.2) is 42.7 Å². The van der Waals surface area contributed by atoms with Gasteiger partial charge in [0.2, 0.25) is 0 Å².